The predicted molar refractivity (Wildman–Crippen MR) is 85.3 cm³/mol. The van der Waals surface area contributed by atoms with Gasteiger partial charge in [-0.1, -0.05) is 19.8 Å². The van der Waals surface area contributed by atoms with Gasteiger partial charge in [0.2, 0.25) is 0 Å². The number of nitrogens with zero attached hydrogens (tertiary/aromatic N) is 1. The topological polar surface area (TPSA) is 32.7 Å². The quantitative estimate of drug-likeness (QED) is 0.872. The van der Waals surface area contributed by atoms with Gasteiger partial charge in [-0.25, -0.2) is 0 Å². The molecule has 0 spiro atoms. The first-order chi connectivity index (χ1) is 9.63. The van der Waals surface area contributed by atoms with Gasteiger partial charge in [0.15, 0.2) is 11.5 Å². The van der Waals surface area contributed by atoms with Gasteiger partial charge in [0, 0.05) is 6.54 Å². The molecule has 1 saturated heterocycles. The molecule has 0 aliphatic carbocycles. The third-order valence-corrected chi connectivity index (χ3v) is 4.72. The maximum absolute atomic E-state index is 9.84. The van der Waals surface area contributed by atoms with E-state index in [1.54, 1.807) is 7.11 Å². The van der Waals surface area contributed by atoms with Crippen molar-refractivity contribution in [3.05, 3.63) is 22.2 Å². The Balaban J connectivity index is 1.96. The van der Waals surface area contributed by atoms with Crippen LogP contribution in [0.15, 0.2) is 16.6 Å². The number of hydrogen-bond donors (Lipinski definition) is 1. The predicted octanol–water partition coefficient (Wildman–Crippen LogP) is 4.18. The number of rotatable bonds is 5. The molecular formula is C16H24BrNO2. The smallest absolute Gasteiger partial charge is 0.172 e. The monoisotopic (exact) mass is 341 g/mol. The summed E-state index contributed by atoms with van der Waals surface area (Å²) in [6, 6.07) is 3.91. The fourth-order valence-corrected chi connectivity index (χ4v) is 3.46. The van der Waals surface area contributed by atoms with Crippen LogP contribution in [0.1, 0.15) is 38.2 Å². The average molecular weight is 342 g/mol. The first kappa shape index (κ1) is 15.6. The second-order valence-corrected chi connectivity index (χ2v) is 6.49. The molecule has 1 aliphatic rings. The zero-order valence-corrected chi connectivity index (χ0v) is 13.9. The van der Waals surface area contributed by atoms with E-state index in [-0.39, 0.29) is 5.75 Å². The normalized spacial score (nSPS) is 17.4. The van der Waals surface area contributed by atoms with Crippen LogP contribution in [0.4, 0.5) is 0 Å². The highest BCUT2D eigenvalue weighted by atomic mass is 79.9. The van der Waals surface area contributed by atoms with Crippen molar-refractivity contribution < 1.29 is 9.84 Å². The molecular weight excluding hydrogens is 318 g/mol. The molecule has 20 heavy (non-hydrogen) atoms. The Morgan fingerprint density at radius 1 is 1.35 bits per heavy atom. The zero-order valence-electron chi connectivity index (χ0n) is 12.4. The van der Waals surface area contributed by atoms with Gasteiger partial charge in [0.05, 0.1) is 11.6 Å². The molecule has 1 aliphatic heterocycles. The van der Waals surface area contributed by atoms with Crippen molar-refractivity contribution in [3.8, 4) is 11.5 Å². The number of piperidine rings is 1. The zero-order chi connectivity index (χ0) is 14.5. The van der Waals surface area contributed by atoms with Gasteiger partial charge in [-0.05, 0) is 65.5 Å². The lowest BCUT2D eigenvalue weighted by molar-refractivity contribution is 0.171. The fourth-order valence-electron chi connectivity index (χ4n) is 2.97. The van der Waals surface area contributed by atoms with Gasteiger partial charge in [0.25, 0.3) is 0 Å². The largest absolute Gasteiger partial charge is 0.503 e. The summed E-state index contributed by atoms with van der Waals surface area (Å²) in [4.78, 5) is 2.49. The number of hydrogen-bond acceptors (Lipinski definition) is 3. The molecule has 4 heteroatoms. The van der Waals surface area contributed by atoms with Crippen LogP contribution in [0, 0.1) is 5.92 Å². The lowest BCUT2D eigenvalue weighted by Gasteiger charge is -2.32. The number of aromatic hydroxyl groups is 1. The fraction of sp³-hybridized carbons (Fsp3) is 0.625. The molecule has 3 nitrogen and oxygen atoms in total. The van der Waals surface area contributed by atoms with E-state index >= 15 is 0 Å². The Morgan fingerprint density at radius 2 is 2.05 bits per heavy atom. The summed E-state index contributed by atoms with van der Waals surface area (Å²) >= 11 is 3.38. The summed E-state index contributed by atoms with van der Waals surface area (Å²) in [5.41, 5.74) is 1.18. The third-order valence-electron chi connectivity index (χ3n) is 4.12. The summed E-state index contributed by atoms with van der Waals surface area (Å²) in [6.45, 7) is 5.54. The minimum absolute atomic E-state index is 0.179. The van der Waals surface area contributed by atoms with Crippen LogP contribution < -0.4 is 4.74 Å². The Morgan fingerprint density at radius 3 is 2.65 bits per heavy atom. The van der Waals surface area contributed by atoms with Crippen LogP contribution in [-0.4, -0.2) is 30.2 Å². The number of likely N-dealkylation sites (tertiary alicyclic amines) is 1. The summed E-state index contributed by atoms with van der Waals surface area (Å²) < 4.78 is 5.91. The number of halogens is 1. The van der Waals surface area contributed by atoms with Crippen molar-refractivity contribution in [1.29, 1.82) is 0 Å². The summed E-state index contributed by atoms with van der Waals surface area (Å²) in [5.74, 6) is 1.63. The first-order valence-corrected chi connectivity index (χ1v) is 8.21. The summed E-state index contributed by atoms with van der Waals surface area (Å²) in [7, 11) is 1.58. The average Bonchev–Trinajstić information content (AvgIpc) is 2.45. The maximum Gasteiger partial charge on any atom is 0.172 e. The molecule has 1 aromatic carbocycles. The van der Waals surface area contributed by atoms with Crippen LogP contribution in [0.2, 0.25) is 0 Å². The van der Waals surface area contributed by atoms with Crippen molar-refractivity contribution in [2.45, 2.75) is 39.2 Å². The molecule has 0 amide bonds. The van der Waals surface area contributed by atoms with Crippen LogP contribution >= 0.6 is 15.9 Å². The van der Waals surface area contributed by atoms with E-state index in [1.165, 1.54) is 44.3 Å². The van der Waals surface area contributed by atoms with E-state index in [2.05, 4.69) is 27.8 Å². The van der Waals surface area contributed by atoms with Crippen LogP contribution in [-0.2, 0) is 6.54 Å². The van der Waals surface area contributed by atoms with Gasteiger partial charge >= 0.3 is 0 Å². The number of phenolic OH excluding ortho intramolecular Hbond substituents is 1. The van der Waals surface area contributed by atoms with Gasteiger partial charge in [-0.3, -0.25) is 4.90 Å². The number of methoxy groups -OCH3 is 1. The van der Waals surface area contributed by atoms with Crippen molar-refractivity contribution in [3.63, 3.8) is 0 Å². The molecule has 1 aromatic rings. The molecule has 0 atom stereocenters. The van der Waals surface area contributed by atoms with Crippen LogP contribution in [0.25, 0.3) is 0 Å². The molecule has 0 radical (unpaired) electrons. The van der Waals surface area contributed by atoms with Crippen molar-refractivity contribution in [1.82, 2.24) is 4.90 Å². The molecule has 0 aromatic heterocycles. The number of benzene rings is 1. The van der Waals surface area contributed by atoms with Crippen molar-refractivity contribution in [2.24, 2.45) is 5.92 Å². The van der Waals surface area contributed by atoms with Crippen molar-refractivity contribution >= 4 is 15.9 Å². The molecule has 112 valence electrons. The van der Waals surface area contributed by atoms with E-state index in [0.717, 1.165) is 12.5 Å². The van der Waals surface area contributed by atoms with E-state index in [4.69, 9.17) is 4.74 Å². The minimum atomic E-state index is 0.179. The standard InChI is InChI=1S/C16H24BrNO2/c1-3-4-12-5-7-18(8-6-12)11-13-9-14(17)16(19)15(10-13)20-2/h9-10,12,19H,3-8,11H2,1-2H3. The number of phenols is 1. The third kappa shape index (κ3) is 3.89. The Hall–Kier alpha value is -0.740. The first-order valence-electron chi connectivity index (χ1n) is 7.41. The molecule has 1 heterocycles. The molecule has 2 rings (SSSR count). The molecule has 1 fully saturated rings. The van der Waals surface area contributed by atoms with E-state index in [0.29, 0.717) is 10.2 Å². The highest BCUT2D eigenvalue weighted by Gasteiger charge is 2.19. The van der Waals surface area contributed by atoms with Gasteiger partial charge in [0.1, 0.15) is 0 Å². The van der Waals surface area contributed by atoms with Gasteiger partial charge in [-0.15, -0.1) is 0 Å². The summed E-state index contributed by atoms with van der Waals surface area (Å²) in [5, 5.41) is 9.84. The Kier molecular flexibility index (Phi) is 5.73. The second-order valence-electron chi connectivity index (χ2n) is 5.64. The SMILES string of the molecule is CCCC1CCN(Cc2cc(Br)c(O)c(OC)c2)CC1. The Bertz CT molecular complexity index is 442. The lowest BCUT2D eigenvalue weighted by Crippen LogP contribution is -2.33. The molecule has 1 N–H and O–H groups in total. The number of ether oxygens (including phenoxy) is 1. The maximum atomic E-state index is 9.84. The highest BCUT2D eigenvalue weighted by molar-refractivity contribution is 9.10. The van der Waals surface area contributed by atoms with Gasteiger partial charge < -0.3 is 9.84 Å². The van der Waals surface area contributed by atoms with E-state index in [1.807, 2.05) is 12.1 Å². The van der Waals surface area contributed by atoms with Crippen LogP contribution in [0.5, 0.6) is 11.5 Å². The van der Waals surface area contributed by atoms with E-state index < -0.39 is 0 Å². The van der Waals surface area contributed by atoms with E-state index in [9.17, 15) is 5.11 Å². The van der Waals surface area contributed by atoms with Gasteiger partial charge in [-0.2, -0.15) is 0 Å². The summed E-state index contributed by atoms with van der Waals surface area (Å²) in [6.07, 6.45) is 5.29. The highest BCUT2D eigenvalue weighted by Crippen LogP contribution is 2.35. The second kappa shape index (κ2) is 7.32. The Labute approximate surface area is 130 Å². The molecule has 0 bridgehead atoms. The van der Waals surface area contributed by atoms with Crippen molar-refractivity contribution in [2.75, 3.05) is 20.2 Å². The molecule has 0 unspecified atom stereocenters. The lowest BCUT2D eigenvalue weighted by atomic mass is 9.92. The van der Waals surface area contributed by atoms with Crippen LogP contribution in [0.3, 0.4) is 0 Å². The molecule has 0 saturated carbocycles. The minimum Gasteiger partial charge on any atom is -0.503 e.